The zero-order valence-corrected chi connectivity index (χ0v) is 24.4. The van der Waals surface area contributed by atoms with E-state index in [0.717, 1.165) is 49.1 Å². The first-order valence-electron chi connectivity index (χ1n) is 13.2. The molecule has 0 saturated heterocycles. The van der Waals surface area contributed by atoms with Crippen LogP contribution in [-0.2, 0) is 6.54 Å². The second kappa shape index (κ2) is 16.5. The Morgan fingerprint density at radius 1 is 1.18 bits per heavy atom. The largest absolute Gasteiger partial charge is 0.381 e. The van der Waals surface area contributed by atoms with Crippen LogP contribution in [0.1, 0.15) is 58.4 Å². The molecule has 1 unspecified atom stereocenters. The lowest BCUT2D eigenvalue weighted by Gasteiger charge is -2.21. The highest BCUT2D eigenvalue weighted by Gasteiger charge is 2.13. The van der Waals surface area contributed by atoms with Crippen molar-refractivity contribution in [1.82, 2.24) is 10.6 Å². The minimum Gasteiger partial charge on any atom is -0.381 e. The molecule has 0 aliphatic heterocycles. The zero-order chi connectivity index (χ0) is 28.8. The van der Waals surface area contributed by atoms with E-state index in [1.807, 2.05) is 19.9 Å². The number of allylic oxidation sites excluding steroid dienone is 7. The Hall–Kier alpha value is -3.51. The SMILES string of the molecule is C=CC1=C(\C)CCCCC(NC(=C)C(C)=NC(=N/C(C)=C/C=NC)C(=C)NCc2ccc(F)c(Cl)c2)C/C=C\1. The molecule has 1 aliphatic carbocycles. The molecule has 0 aromatic heterocycles. The summed E-state index contributed by atoms with van der Waals surface area (Å²) >= 11 is 5.93. The van der Waals surface area contributed by atoms with E-state index < -0.39 is 5.82 Å². The molecule has 2 rings (SSSR count). The number of rotatable bonds is 10. The third-order valence-corrected chi connectivity index (χ3v) is 6.67. The Morgan fingerprint density at radius 2 is 1.95 bits per heavy atom. The van der Waals surface area contributed by atoms with Gasteiger partial charge in [-0.2, -0.15) is 0 Å². The minimum atomic E-state index is -0.454. The average molecular weight is 550 g/mol. The van der Waals surface area contributed by atoms with Gasteiger partial charge in [0.25, 0.3) is 0 Å². The van der Waals surface area contributed by atoms with Crippen LogP contribution < -0.4 is 10.6 Å². The van der Waals surface area contributed by atoms with E-state index in [0.29, 0.717) is 23.8 Å². The molecule has 0 spiro atoms. The van der Waals surface area contributed by atoms with Crippen LogP contribution in [0.2, 0.25) is 5.02 Å². The van der Waals surface area contributed by atoms with E-state index in [9.17, 15) is 4.39 Å². The van der Waals surface area contributed by atoms with Gasteiger partial charge in [-0.3, -0.25) is 4.99 Å². The molecule has 0 saturated carbocycles. The van der Waals surface area contributed by atoms with E-state index in [2.05, 4.69) is 59.4 Å². The van der Waals surface area contributed by atoms with Crippen LogP contribution >= 0.6 is 11.6 Å². The Bertz CT molecular complexity index is 1230. The zero-order valence-electron chi connectivity index (χ0n) is 23.7. The summed E-state index contributed by atoms with van der Waals surface area (Å²) < 4.78 is 13.5. The van der Waals surface area contributed by atoms with Crippen LogP contribution in [0.5, 0.6) is 0 Å². The average Bonchev–Trinajstić information content (AvgIpc) is 2.91. The summed E-state index contributed by atoms with van der Waals surface area (Å²) in [5.41, 5.74) is 6.09. The third-order valence-electron chi connectivity index (χ3n) is 6.38. The number of hydrogen-bond acceptors (Lipinski definition) is 4. The van der Waals surface area contributed by atoms with Gasteiger partial charge in [0, 0.05) is 37.2 Å². The number of benzene rings is 1. The quantitative estimate of drug-likeness (QED) is 0.229. The molecule has 0 bridgehead atoms. The summed E-state index contributed by atoms with van der Waals surface area (Å²) in [6.45, 7) is 18.7. The number of amidine groups is 1. The summed E-state index contributed by atoms with van der Waals surface area (Å²) in [6, 6.07) is 4.84. The number of nitrogens with one attached hydrogen (secondary N) is 2. The predicted octanol–water partition coefficient (Wildman–Crippen LogP) is 8.04. The first kappa shape index (κ1) is 31.7. The fourth-order valence-corrected chi connectivity index (χ4v) is 4.18. The molecule has 0 radical (unpaired) electrons. The molecule has 0 heterocycles. The lowest BCUT2D eigenvalue weighted by atomic mass is 9.97. The predicted molar refractivity (Wildman–Crippen MR) is 167 cm³/mol. The molecule has 1 aromatic rings. The van der Waals surface area contributed by atoms with Gasteiger partial charge in [0.2, 0.25) is 0 Å². The van der Waals surface area contributed by atoms with Crippen LogP contribution in [0.15, 0.2) is 105 Å². The topological polar surface area (TPSA) is 61.1 Å². The van der Waals surface area contributed by atoms with Crippen molar-refractivity contribution in [1.29, 1.82) is 0 Å². The summed E-state index contributed by atoms with van der Waals surface area (Å²) in [6.07, 6.45) is 15.0. The highest BCUT2D eigenvalue weighted by Crippen LogP contribution is 2.20. The molecule has 1 atom stereocenters. The molecule has 5 nitrogen and oxygen atoms in total. The van der Waals surface area contributed by atoms with Crippen molar-refractivity contribution in [2.24, 2.45) is 15.0 Å². The lowest BCUT2D eigenvalue weighted by molar-refractivity contribution is 0.507. The fraction of sp³-hybridized carbons (Fsp3) is 0.344. The van der Waals surface area contributed by atoms with Gasteiger partial charge in [0.1, 0.15) is 5.82 Å². The number of nitrogens with zero attached hydrogens (tertiary/aromatic N) is 3. The van der Waals surface area contributed by atoms with Gasteiger partial charge >= 0.3 is 0 Å². The summed E-state index contributed by atoms with van der Waals surface area (Å²) in [7, 11) is 1.70. The van der Waals surface area contributed by atoms with Crippen LogP contribution in [0.4, 0.5) is 4.39 Å². The van der Waals surface area contributed by atoms with Gasteiger partial charge in [-0.1, -0.05) is 67.6 Å². The van der Waals surface area contributed by atoms with Crippen molar-refractivity contribution in [2.45, 2.75) is 65.5 Å². The highest BCUT2D eigenvalue weighted by atomic mass is 35.5. The summed E-state index contributed by atoms with van der Waals surface area (Å²) in [4.78, 5) is 13.4. The van der Waals surface area contributed by atoms with Gasteiger partial charge in [0.15, 0.2) is 5.84 Å². The number of aliphatic imine (C=N–C) groups is 3. The smallest absolute Gasteiger partial charge is 0.175 e. The first-order chi connectivity index (χ1) is 18.6. The van der Waals surface area contributed by atoms with Crippen molar-refractivity contribution in [3.8, 4) is 0 Å². The maximum Gasteiger partial charge on any atom is 0.175 e. The highest BCUT2D eigenvalue weighted by molar-refractivity contribution is 6.30. The maximum absolute atomic E-state index is 13.5. The second-order valence-electron chi connectivity index (χ2n) is 9.57. The monoisotopic (exact) mass is 549 g/mol. The van der Waals surface area contributed by atoms with E-state index in [4.69, 9.17) is 16.6 Å². The van der Waals surface area contributed by atoms with Crippen LogP contribution in [0.3, 0.4) is 0 Å². The molecule has 1 aromatic carbocycles. The Balaban J connectivity index is 2.20. The van der Waals surface area contributed by atoms with E-state index in [1.54, 1.807) is 31.5 Å². The fourth-order valence-electron chi connectivity index (χ4n) is 3.98. The number of hydrogen-bond donors (Lipinski definition) is 2. The van der Waals surface area contributed by atoms with Crippen LogP contribution in [0.25, 0.3) is 0 Å². The minimum absolute atomic E-state index is 0.0740. The van der Waals surface area contributed by atoms with Gasteiger partial charge in [-0.15, -0.1) is 0 Å². The molecule has 0 fully saturated rings. The molecule has 7 heteroatoms. The van der Waals surface area contributed by atoms with Crippen molar-refractivity contribution in [3.63, 3.8) is 0 Å². The normalized spacial score (nSPS) is 20.5. The molecular formula is C32H41ClFN5. The van der Waals surface area contributed by atoms with Gasteiger partial charge < -0.3 is 10.6 Å². The molecule has 208 valence electrons. The van der Waals surface area contributed by atoms with Crippen molar-refractivity contribution >= 4 is 29.4 Å². The first-order valence-corrected chi connectivity index (χ1v) is 13.6. The van der Waals surface area contributed by atoms with Gasteiger partial charge in [0.05, 0.1) is 16.4 Å². The van der Waals surface area contributed by atoms with Crippen molar-refractivity contribution in [2.75, 3.05) is 7.05 Å². The van der Waals surface area contributed by atoms with E-state index in [-0.39, 0.29) is 11.1 Å². The third kappa shape index (κ3) is 11.0. The second-order valence-corrected chi connectivity index (χ2v) is 9.98. The number of halogens is 2. The van der Waals surface area contributed by atoms with Gasteiger partial charge in [-0.25, -0.2) is 14.4 Å². The van der Waals surface area contributed by atoms with Crippen LogP contribution in [-0.4, -0.2) is 30.9 Å². The summed E-state index contributed by atoms with van der Waals surface area (Å²) in [5.74, 6) is -0.0335. The Kier molecular flexibility index (Phi) is 13.4. The Morgan fingerprint density at radius 3 is 2.64 bits per heavy atom. The molecular weight excluding hydrogens is 509 g/mol. The van der Waals surface area contributed by atoms with Crippen molar-refractivity contribution in [3.05, 3.63) is 107 Å². The standard InChI is InChI=1S/C32H41ClFN5/c1-8-28-13-11-15-29(14-10-9-12-22(28)2)38-24(4)25(5)39-32(37-23(3)18-19-35-7)26(6)36-21-27-16-17-31(34)30(33)20-27/h8,11,13,16-20,29,36,38H,1,4,6,9-10,12,14-15,21H2,2-3,5,7H3/b13-11-,23-18+,28-22-,35-19?,37-32?,39-25?. The van der Waals surface area contributed by atoms with Gasteiger partial charge in [-0.05, 0) is 75.8 Å². The molecule has 0 amide bonds. The Labute approximate surface area is 238 Å². The summed E-state index contributed by atoms with van der Waals surface area (Å²) in [5, 5.41) is 6.87. The van der Waals surface area contributed by atoms with E-state index >= 15 is 0 Å². The molecule has 2 N–H and O–H groups in total. The lowest BCUT2D eigenvalue weighted by Crippen LogP contribution is -2.31. The van der Waals surface area contributed by atoms with Crippen molar-refractivity contribution < 1.29 is 4.39 Å². The maximum atomic E-state index is 13.5. The van der Waals surface area contributed by atoms with E-state index in [1.165, 1.54) is 17.2 Å². The van der Waals surface area contributed by atoms with Crippen LogP contribution in [0, 0.1) is 5.82 Å². The molecule has 1 aliphatic rings. The molecule has 39 heavy (non-hydrogen) atoms.